The van der Waals surface area contributed by atoms with Crippen LogP contribution in [0.5, 0.6) is 0 Å². The number of hydrogen-bond donors (Lipinski definition) is 1. The second-order valence-corrected chi connectivity index (χ2v) is 5.03. The Balaban J connectivity index is 2.30. The van der Waals surface area contributed by atoms with Crippen LogP contribution in [0.25, 0.3) is 0 Å². The molecule has 0 aliphatic heterocycles. The lowest BCUT2D eigenvalue weighted by atomic mass is 10.2. The smallest absolute Gasteiger partial charge is 0.308 e. The summed E-state index contributed by atoms with van der Waals surface area (Å²) in [5, 5.41) is 3.97. The summed E-state index contributed by atoms with van der Waals surface area (Å²) in [4.78, 5) is 11.4. The maximum atomic E-state index is 11.4. The molecule has 1 unspecified atom stereocenters. The van der Waals surface area contributed by atoms with Crippen molar-refractivity contribution in [2.24, 2.45) is 5.92 Å². The Labute approximate surface area is 113 Å². The summed E-state index contributed by atoms with van der Waals surface area (Å²) in [7, 11) is 0. The average molecular weight is 270 g/mol. The Morgan fingerprint density at radius 3 is 2.61 bits per heavy atom. The summed E-state index contributed by atoms with van der Waals surface area (Å²) in [5.41, 5.74) is 1.04. The van der Waals surface area contributed by atoms with E-state index >= 15 is 0 Å². The van der Waals surface area contributed by atoms with E-state index in [4.69, 9.17) is 16.3 Å². The number of hydrogen-bond acceptors (Lipinski definition) is 3. The Kier molecular flexibility index (Phi) is 6.16. The first-order valence-electron chi connectivity index (χ1n) is 6.15. The lowest BCUT2D eigenvalue weighted by molar-refractivity contribution is -0.151. The molecule has 100 valence electrons. The molecule has 1 atom stereocenters. The highest BCUT2D eigenvalue weighted by molar-refractivity contribution is 6.31. The largest absolute Gasteiger partial charge is 0.461 e. The number of benzene rings is 1. The number of esters is 1. The molecule has 0 spiro atoms. The number of carbonyl (C=O) groups excluding carboxylic acids is 1. The van der Waals surface area contributed by atoms with Crippen molar-refractivity contribution in [2.45, 2.75) is 33.4 Å². The van der Waals surface area contributed by atoms with Crippen LogP contribution in [0.4, 0.5) is 0 Å². The van der Waals surface area contributed by atoms with E-state index in [9.17, 15) is 4.79 Å². The summed E-state index contributed by atoms with van der Waals surface area (Å²) in [6.45, 7) is 6.81. The maximum Gasteiger partial charge on any atom is 0.308 e. The summed E-state index contributed by atoms with van der Waals surface area (Å²) in [5.74, 6) is -0.252. The standard InChI is InChI=1S/C14H20ClNO2/c1-10(2)14(17)18-11(3)8-16-9-12-6-4-5-7-13(12)15/h4-7,10-11,16H,8-9H2,1-3H3. The van der Waals surface area contributed by atoms with E-state index in [0.29, 0.717) is 13.1 Å². The van der Waals surface area contributed by atoms with Gasteiger partial charge in [0.15, 0.2) is 0 Å². The molecule has 0 bridgehead atoms. The number of ether oxygens (including phenoxy) is 1. The van der Waals surface area contributed by atoms with Crippen LogP contribution in [-0.4, -0.2) is 18.6 Å². The molecule has 0 fully saturated rings. The van der Waals surface area contributed by atoms with Crippen molar-refractivity contribution in [2.75, 3.05) is 6.54 Å². The first-order valence-corrected chi connectivity index (χ1v) is 6.53. The number of carbonyl (C=O) groups is 1. The van der Waals surface area contributed by atoms with Gasteiger partial charge in [-0.25, -0.2) is 0 Å². The minimum Gasteiger partial charge on any atom is -0.461 e. The van der Waals surface area contributed by atoms with Crippen molar-refractivity contribution in [1.82, 2.24) is 5.32 Å². The van der Waals surface area contributed by atoms with Crippen LogP contribution >= 0.6 is 11.6 Å². The third-order valence-corrected chi connectivity index (χ3v) is 2.86. The second-order valence-electron chi connectivity index (χ2n) is 4.62. The van der Waals surface area contributed by atoms with Gasteiger partial charge in [-0.3, -0.25) is 4.79 Å². The van der Waals surface area contributed by atoms with Gasteiger partial charge < -0.3 is 10.1 Å². The van der Waals surface area contributed by atoms with Gasteiger partial charge in [-0.1, -0.05) is 43.6 Å². The fraction of sp³-hybridized carbons (Fsp3) is 0.500. The molecule has 4 heteroatoms. The highest BCUT2D eigenvalue weighted by Crippen LogP contribution is 2.14. The van der Waals surface area contributed by atoms with E-state index in [-0.39, 0.29) is 18.0 Å². The van der Waals surface area contributed by atoms with Gasteiger partial charge in [0.05, 0.1) is 5.92 Å². The molecule has 0 radical (unpaired) electrons. The minimum atomic E-state index is -0.165. The third kappa shape index (κ3) is 5.07. The Morgan fingerprint density at radius 1 is 1.33 bits per heavy atom. The van der Waals surface area contributed by atoms with Crippen LogP contribution in [0.1, 0.15) is 26.3 Å². The third-order valence-electron chi connectivity index (χ3n) is 2.49. The molecule has 1 rings (SSSR count). The SMILES string of the molecule is CC(CNCc1ccccc1Cl)OC(=O)C(C)C. The summed E-state index contributed by atoms with van der Waals surface area (Å²) < 4.78 is 5.25. The van der Waals surface area contributed by atoms with Crippen LogP contribution in [0.15, 0.2) is 24.3 Å². The van der Waals surface area contributed by atoms with Crippen LogP contribution < -0.4 is 5.32 Å². The Morgan fingerprint density at radius 2 is 2.00 bits per heavy atom. The molecule has 1 aromatic rings. The van der Waals surface area contributed by atoms with Crippen LogP contribution in [0.3, 0.4) is 0 Å². The fourth-order valence-corrected chi connectivity index (χ4v) is 1.63. The number of nitrogens with one attached hydrogen (secondary N) is 1. The Hall–Kier alpha value is -1.06. The van der Waals surface area contributed by atoms with Crippen molar-refractivity contribution >= 4 is 17.6 Å². The van der Waals surface area contributed by atoms with E-state index in [1.54, 1.807) is 0 Å². The van der Waals surface area contributed by atoms with Crippen molar-refractivity contribution in [3.63, 3.8) is 0 Å². The minimum absolute atomic E-state index is 0.0870. The van der Waals surface area contributed by atoms with E-state index in [0.717, 1.165) is 10.6 Å². The molecular formula is C14H20ClNO2. The first kappa shape index (κ1) is 15.0. The van der Waals surface area contributed by atoms with E-state index in [1.165, 1.54) is 0 Å². The molecule has 0 amide bonds. The van der Waals surface area contributed by atoms with Gasteiger partial charge in [0.2, 0.25) is 0 Å². The highest BCUT2D eigenvalue weighted by Gasteiger charge is 2.12. The van der Waals surface area contributed by atoms with Crippen LogP contribution in [0.2, 0.25) is 5.02 Å². The molecule has 0 saturated heterocycles. The van der Waals surface area contributed by atoms with Gasteiger partial charge in [0, 0.05) is 18.1 Å². The summed E-state index contributed by atoms with van der Waals surface area (Å²) in [6.07, 6.45) is -0.137. The summed E-state index contributed by atoms with van der Waals surface area (Å²) in [6, 6.07) is 7.69. The average Bonchev–Trinajstić information content (AvgIpc) is 2.31. The molecule has 0 aromatic heterocycles. The molecule has 3 nitrogen and oxygen atoms in total. The monoisotopic (exact) mass is 269 g/mol. The van der Waals surface area contributed by atoms with E-state index in [2.05, 4.69) is 5.32 Å². The predicted octanol–water partition coefficient (Wildman–Crippen LogP) is 3.02. The molecule has 1 N–H and O–H groups in total. The highest BCUT2D eigenvalue weighted by atomic mass is 35.5. The zero-order chi connectivity index (χ0) is 13.5. The topological polar surface area (TPSA) is 38.3 Å². The molecule has 18 heavy (non-hydrogen) atoms. The van der Waals surface area contributed by atoms with Gasteiger partial charge in [0.25, 0.3) is 0 Å². The second kappa shape index (κ2) is 7.39. The molecule has 0 saturated carbocycles. The van der Waals surface area contributed by atoms with E-state index in [1.807, 2.05) is 45.0 Å². The van der Waals surface area contributed by atoms with Crippen molar-refractivity contribution in [3.8, 4) is 0 Å². The zero-order valence-corrected chi connectivity index (χ0v) is 11.8. The molecule has 0 aliphatic rings. The normalized spacial score (nSPS) is 12.5. The fourth-order valence-electron chi connectivity index (χ4n) is 1.43. The predicted molar refractivity (Wildman–Crippen MR) is 73.6 cm³/mol. The van der Waals surface area contributed by atoms with Gasteiger partial charge in [-0.05, 0) is 18.6 Å². The van der Waals surface area contributed by atoms with Crippen LogP contribution in [0, 0.1) is 5.92 Å². The van der Waals surface area contributed by atoms with Crippen molar-refractivity contribution in [3.05, 3.63) is 34.9 Å². The molecule has 1 aromatic carbocycles. The van der Waals surface area contributed by atoms with Gasteiger partial charge in [-0.2, -0.15) is 0 Å². The summed E-state index contributed by atoms with van der Waals surface area (Å²) >= 11 is 6.04. The first-order chi connectivity index (χ1) is 8.50. The maximum absolute atomic E-state index is 11.4. The number of halogens is 1. The van der Waals surface area contributed by atoms with Crippen molar-refractivity contribution < 1.29 is 9.53 Å². The number of rotatable bonds is 6. The van der Waals surface area contributed by atoms with Gasteiger partial charge in [0.1, 0.15) is 6.10 Å². The van der Waals surface area contributed by atoms with Crippen molar-refractivity contribution in [1.29, 1.82) is 0 Å². The quantitative estimate of drug-likeness (QED) is 0.807. The van der Waals surface area contributed by atoms with E-state index < -0.39 is 0 Å². The Bertz CT molecular complexity index is 393. The van der Waals surface area contributed by atoms with Crippen LogP contribution in [-0.2, 0) is 16.1 Å². The molecule has 0 aliphatic carbocycles. The molecular weight excluding hydrogens is 250 g/mol. The molecule has 0 heterocycles. The zero-order valence-electron chi connectivity index (χ0n) is 11.1. The van der Waals surface area contributed by atoms with Gasteiger partial charge in [-0.15, -0.1) is 0 Å². The van der Waals surface area contributed by atoms with Gasteiger partial charge >= 0.3 is 5.97 Å². The lowest BCUT2D eigenvalue weighted by Crippen LogP contribution is -2.29. The lowest BCUT2D eigenvalue weighted by Gasteiger charge is -2.15.